The molecule has 0 unspecified atom stereocenters. The van der Waals surface area contributed by atoms with E-state index in [-0.39, 0.29) is 17.0 Å². The molecule has 0 saturated heterocycles. The number of carbonyl (C=O) groups is 2. The monoisotopic (exact) mass is 354 g/mol. The highest BCUT2D eigenvalue weighted by atomic mass is 16.6. The van der Waals surface area contributed by atoms with Crippen LogP contribution in [0.2, 0.25) is 0 Å². The van der Waals surface area contributed by atoms with Crippen LogP contribution in [-0.4, -0.2) is 22.6 Å². The minimum Gasteiger partial charge on any atom is -0.478 e. The Balaban J connectivity index is 0. The average Bonchev–Trinajstić information content (AvgIpc) is 2.64. The zero-order chi connectivity index (χ0) is 20.1. The molecule has 0 fully saturated rings. The summed E-state index contributed by atoms with van der Waals surface area (Å²) in [6.45, 7) is 17.5. The molecule has 0 radical (unpaired) electrons. The lowest BCUT2D eigenvalue weighted by Gasteiger charge is -2.29. The number of carbonyl (C=O) groups excluding carboxylic acids is 1. The normalized spacial score (nSPS) is 12.0. The van der Waals surface area contributed by atoms with Gasteiger partial charge in [0.15, 0.2) is 0 Å². The molecule has 0 aromatic carbocycles. The Hall–Kier alpha value is -1.58. The van der Waals surface area contributed by atoms with Crippen LogP contribution in [0.25, 0.3) is 0 Å². The third-order valence-corrected chi connectivity index (χ3v) is 5.39. The first kappa shape index (κ1) is 25.7. The quantitative estimate of drug-likeness (QED) is 0.391. The molecule has 0 aliphatic heterocycles. The summed E-state index contributed by atoms with van der Waals surface area (Å²) in [5.41, 5.74) is 0.277. The molecule has 0 atom stereocenters. The van der Waals surface area contributed by atoms with Crippen LogP contribution in [0.15, 0.2) is 24.3 Å². The molecule has 0 aromatic rings. The summed E-state index contributed by atoms with van der Waals surface area (Å²) in [6.07, 6.45) is 8.73. The average molecular weight is 355 g/mol. The summed E-state index contributed by atoms with van der Waals surface area (Å²) in [7, 11) is 0. The molecular weight excluding hydrogens is 316 g/mol. The SMILES string of the molecule is C=CC(=O)OC(CC)(CC)CC.CCC(C=C(C)C(=O)O)(CC)CC. The van der Waals surface area contributed by atoms with Crippen LogP contribution in [0.1, 0.15) is 87.0 Å². The first-order valence-corrected chi connectivity index (χ1v) is 9.43. The van der Waals surface area contributed by atoms with Gasteiger partial charge in [-0.3, -0.25) is 0 Å². The second kappa shape index (κ2) is 12.7. The van der Waals surface area contributed by atoms with Gasteiger partial charge < -0.3 is 9.84 Å². The fourth-order valence-corrected chi connectivity index (χ4v) is 2.80. The zero-order valence-electron chi connectivity index (χ0n) is 17.3. The van der Waals surface area contributed by atoms with E-state index < -0.39 is 5.97 Å². The van der Waals surface area contributed by atoms with Gasteiger partial charge in [-0.2, -0.15) is 0 Å². The van der Waals surface area contributed by atoms with Crippen LogP contribution in [0, 0.1) is 5.41 Å². The molecule has 0 aliphatic rings. The molecule has 25 heavy (non-hydrogen) atoms. The zero-order valence-corrected chi connectivity index (χ0v) is 17.3. The number of allylic oxidation sites excluding steroid dienone is 1. The molecule has 0 saturated carbocycles. The van der Waals surface area contributed by atoms with E-state index in [4.69, 9.17) is 9.84 Å². The van der Waals surface area contributed by atoms with E-state index >= 15 is 0 Å². The maximum absolute atomic E-state index is 11.0. The fraction of sp³-hybridized carbons (Fsp3) is 0.714. The number of hydrogen-bond acceptors (Lipinski definition) is 3. The summed E-state index contributed by atoms with van der Waals surface area (Å²) in [5, 5.41) is 8.76. The van der Waals surface area contributed by atoms with Crippen LogP contribution in [0.5, 0.6) is 0 Å². The number of carboxylic acids is 1. The number of carboxylic acid groups (broad SMARTS) is 1. The summed E-state index contributed by atoms with van der Waals surface area (Å²) >= 11 is 0. The van der Waals surface area contributed by atoms with Crippen molar-refractivity contribution >= 4 is 11.9 Å². The number of hydrogen-bond donors (Lipinski definition) is 1. The van der Waals surface area contributed by atoms with Gasteiger partial charge in [0.25, 0.3) is 0 Å². The molecule has 0 heterocycles. The van der Waals surface area contributed by atoms with Crippen LogP contribution >= 0.6 is 0 Å². The maximum atomic E-state index is 11.0. The minimum absolute atomic E-state index is 0.0858. The lowest BCUT2D eigenvalue weighted by Crippen LogP contribution is -2.32. The van der Waals surface area contributed by atoms with Crippen molar-refractivity contribution in [1.82, 2.24) is 0 Å². The van der Waals surface area contributed by atoms with E-state index in [0.717, 1.165) is 38.5 Å². The molecule has 0 spiro atoms. The third-order valence-electron chi connectivity index (χ3n) is 5.39. The lowest BCUT2D eigenvalue weighted by atomic mass is 9.78. The molecule has 0 aliphatic carbocycles. The predicted octanol–water partition coefficient (Wildman–Crippen LogP) is 5.92. The van der Waals surface area contributed by atoms with Gasteiger partial charge in [-0.1, -0.05) is 54.2 Å². The Morgan fingerprint density at radius 1 is 0.920 bits per heavy atom. The first-order valence-electron chi connectivity index (χ1n) is 9.43. The highest BCUT2D eigenvalue weighted by Crippen LogP contribution is 2.33. The standard InChI is InChI=1S/C11H20O2.C10H18O2/c1-5-11(6-2,7-3)8-9(4)10(12)13;1-5-9(11)12-10(6-2,7-3)8-4/h8H,5-7H2,1-4H3,(H,12,13);5H,1,6-8H2,2-4H3. The number of rotatable bonds is 10. The topological polar surface area (TPSA) is 63.6 Å². The van der Waals surface area contributed by atoms with E-state index in [9.17, 15) is 9.59 Å². The molecule has 4 heteroatoms. The first-order chi connectivity index (χ1) is 11.6. The Kier molecular flexibility index (Phi) is 13.1. The van der Waals surface area contributed by atoms with Gasteiger partial charge in [0.2, 0.25) is 0 Å². The third kappa shape index (κ3) is 8.89. The van der Waals surface area contributed by atoms with Crippen molar-refractivity contribution in [1.29, 1.82) is 0 Å². The molecule has 146 valence electrons. The molecule has 0 rings (SSSR count). The second-order valence-electron chi connectivity index (χ2n) is 6.42. The molecule has 0 bridgehead atoms. The Morgan fingerprint density at radius 2 is 1.32 bits per heavy atom. The van der Waals surface area contributed by atoms with Gasteiger partial charge in [-0.15, -0.1) is 0 Å². The largest absolute Gasteiger partial charge is 0.478 e. The second-order valence-corrected chi connectivity index (χ2v) is 6.42. The smallest absolute Gasteiger partial charge is 0.330 e. The van der Waals surface area contributed by atoms with Gasteiger partial charge in [-0.25, -0.2) is 9.59 Å². The summed E-state index contributed by atoms with van der Waals surface area (Å²) in [6, 6.07) is 0. The van der Waals surface area contributed by atoms with Crippen molar-refractivity contribution in [2.45, 2.75) is 92.6 Å². The Labute approximate surface area is 154 Å². The van der Waals surface area contributed by atoms with Crippen molar-refractivity contribution in [3.63, 3.8) is 0 Å². The van der Waals surface area contributed by atoms with Crippen molar-refractivity contribution in [3.05, 3.63) is 24.3 Å². The van der Waals surface area contributed by atoms with Gasteiger partial charge in [0.1, 0.15) is 5.60 Å². The van der Waals surface area contributed by atoms with E-state index in [2.05, 4.69) is 27.4 Å². The van der Waals surface area contributed by atoms with Gasteiger partial charge in [0, 0.05) is 11.6 Å². The van der Waals surface area contributed by atoms with Crippen molar-refractivity contribution < 1.29 is 19.4 Å². The molecule has 4 nitrogen and oxygen atoms in total. The number of esters is 1. The maximum Gasteiger partial charge on any atom is 0.330 e. The fourth-order valence-electron chi connectivity index (χ4n) is 2.80. The van der Waals surface area contributed by atoms with Crippen LogP contribution in [0.4, 0.5) is 0 Å². The predicted molar refractivity (Wildman–Crippen MR) is 105 cm³/mol. The lowest BCUT2D eigenvalue weighted by molar-refractivity contribution is -0.154. The highest BCUT2D eigenvalue weighted by Gasteiger charge is 2.27. The van der Waals surface area contributed by atoms with E-state index in [1.807, 2.05) is 26.8 Å². The number of ether oxygens (including phenoxy) is 1. The van der Waals surface area contributed by atoms with Crippen LogP contribution in [-0.2, 0) is 14.3 Å². The minimum atomic E-state index is -0.806. The summed E-state index contributed by atoms with van der Waals surface area (Å²) < 4.78 is 5.28. The molecule has 1 N–H and O–H groups in total. The van der Waals surface area contributed by atoms with E-state index in [1.165, 1.54) is 6.08 Å². The molecular formula is C21H38O4. The van der Waals surface area contributed by atoms with Crippen molar-refractivity contribution in [3.8, 4) is 0 Å². The molecule has 0 amide bonds. The molecule has 0 aromatic heterocycles. The van der Waals surface area contributed by atoms with Gasteiger partial charge >= 0.3 is 11.9 Å². The van der Waals surface area contributed by atoms with E-state index in [0.29, 0.717) is 5.57 Å². The number of aliphatic carboxylic acids is 1. The van der Waals surface area contributed by atoms with Gasteiger partial charge in [0.05, 0.1) is 0 Å². The van der Waals surface area contributed by atoms with Crippen LogP contribution in [0.3, 0.4) is 0 Å². The summed E-state index contributed by atoms with van der Waals surface area (Å²) in [4.78, 5) is 21.6. The van der Waals surface area contributed by atoms with Crippen LogP contribution < -0.4 is 0 Å². The Bertz CT molecular complexity index is 424. The Morgan fingerprint density at radius 3 is 1.56 bits per heavy atom. The van der Waals surface area contributed by atoms with Crippen molar-refractivity contribution in [2.24, 2.45) is 5.41 Å². The van der Waals surface area contributed by atoms with E-state index in [1.54, 1.807) is 6.92 Å². The van der Waals surface area contributed by atoms with Crippen molar-refractivity contribution in [2.75, 3.05) is 0 Å². The van der Waals surface area contributed by atoms with Gasteiger partial charge in [-0.05, 0) is 50.9 Å². The highest BCUT2D eigenvalue weighted by molar-refractivity contribution is 5.85. The summed E-state index contributed by atoms with van der Waals surface area (Å²) in [5.74, 6) is -1.12.